The van der Waals surface area contributed by atoms with Crippen LogP contribution in [0.1, 0.15) is 32.0 Å². The molecule has 1 unspecified atom stereocenters. The van der Waals surface area contributed by atoms with Crippen molar-refractivity contribution < 1.29 is 0 Å². The number of rotatable bonds is 11. The van der Waals surface area contributed by atoms with E-state index in [1.807, 2.05) is 38.2 Å². The summed E-state index contributed by atoms with van der Waals surface area (Å²) in [5.41, 5.74) is 12.2. The Balaban J connectivity index is 1.56. The lowest BCUT2D eigenvalue weighted by molar-refractivity contribution is 0.920. The molecule has 0 fully saturated rings. The number of benzene rings is 4. The third kappa shape index (κ3) is 5.76. The van der Waals surface area contributed by atoms with Gasteiger partial charge in [0.1, 0.15) is 0 Å². The van der Waals surface area contributed by atoms with Gasteiger partial charge in [-0.25, -0.2) is 0 Å². The van der Waals surface area contributed by atoms with Crippen LogP contribution < -0.4 is 0 Å². The zero-order chi connectivity index (χ0) is 33.8. The minimum Gasteiger partial charge on any atom is -0.361 e. The normalized spacial score (nSPS) is 13.6. The van der Waals surface area contributed by atoms with Crippen LogP contribution in [0.2, 0.25) is 0 Å². The summed E-state index contributed by atoms with van der Waals surface area (Å²) >= 11 is 0. The molecule has 0 saturated heterocycles. The minimum absolute atomic E-state index is 0.00690. The van der Waals surface area contributed by atoms with Gasteiger partial charge in [-0.15, -0.1) is 0 Å². The molecule has 2 aromatic heterocycles. The quantitative estimate of drug-likeness (QED) is 0.0819. The lowest BCUT2D eigenvalue weighted by Gasteiger charge is -2.17. The molecule has 0 amide bonds. The van der Waals surface area contributed by atoms with Crippen molar-refractivity contribution in [3.63, 3.8) is 0 Å². The second kappa shape index (κ2) is 13.8. The second-order valence-corrected chi connectivity index (χ2v) is 11.9. The van der Waals surface area contributed by atoms with Crippen molar-refractivity contribution >= 4 is 49.9 Å². The molecule has 0 radical (unpaired) electrons. The van der Waals surface area contributed by atoms with Crippen LogP contribution in [0.4, 0.5) is 0 Å². The average Bonchev–Trinajstić information content (AvgIpc) is 3.75. The fourth-order valence-electron chi connectivity index (χ4n) is 6.68. The SMILES string of the molecule is C=C/C(=C\C(/C(C)=C/C)/C(C=C)=C/C=N)c1ccc2c(ccc3c4ccc(-c5c[nH]c(/C(C=C)=C/C)c5)cc4n(-c4ccccc4)c23)c1. The number of nitrogens with zero attached hydrogens (tertiary/aromatic N) is 1. The maximum absolute atomic E-state index is 7.66. The van der Waals surface area contributed by atoms with Gasteiger partial charge in [0.2, 0.25) is 0 Å². The Kier molecular flexibility index (Phi) is 9.22. The maximum atomic E-state index is 7.66. The van der Waals surface area contributed by atoms with Crippen molar-refractivity contribution in [1.82, 2.24) is 9.55 Å². The highest BCUT2D eigenvalue weighted by atomic mass is 15.0. The van der Waals surface area contributed by atoms with E-state index in [4.69, 9.17) is 5.41 Å². The molecule has 2 heterocycles. The van der Waals surface area contributed by atoms with Crippen molar-refractivity contribution in [1.29, 1.82) is 5.41 Å². The Morgan fingerprint density at radius 2 is 1.52 bits per heavy atom. The predicted molar refractivity (Wildman–Crippen MR) is 210 cm³/mol. The number of nitrogens with one attached hydrogen (secondary N) is 2. The van der Waals surface area contributed by atoms with Gasteiger partial charge < -0.3 is 15.0 Å². The molecule has 0 aliphatic carbocycles. The summed E-state index contributed by atoms with van der Waals surface area (Å²) in [6, 6.07) is 30.8. The summed E-state index contributed by atoms with van der Waals surface area (Å²) in [5.74, 6) is -0.00690. The van der Waals surface area contributed by atoms with Crippen LogP contribution in [-0.2, 0) is 0 Å². The second-order valence-electron chi connectivity index (χ2n) is 11.9. The van der Waals surface area contributed by atoms with Crippen LogP contribution >= 0.6 is 0 Å². The van der Waals surface area contributed by atoms with E-state index >= 15 is 0 Å². The van der Waals surface area contributed by atoms with E-state index in [1.165, 1.54) is 33.5 Å². The number of para-hydroxylation sites is 1. The number of H-pyrrole nitrogens is 1. The van der Waals surface area contributed by atoms with Crippen LogP contribution in [0.25, 0.3) is 60.5 Å². The molecule has 4 aromatic carbocycles. The smallest absolute Gasteiger partial charge is 0.0619 e. The first kappa shape index (κ1) is 32.0. The molecule has 236 valence electrons. The van der Waals surface area contributed by atoms with Crippen molar-refractivity contribution in [2.45, 2.75) is 20.8 Å². The molecule has 0 spiro atoms. The number of hydrogen-bond donors (Lipinski definition) is 2. The van der Waals surface area contributed by atoms with Gasteiger partial charge >= 0.3 is 0 Å². The predicted octanol–water partition coefficient (Wildman–Crippen LogP) is 12.4. The van der Waals surface area contributed by atoms with Crippen LogP contribution in [0.5, 0.6) is 0 Å². The van der Waals surface area contributed by atoms with Crippen LogP contribution in [0.3, 0.4) is 0 Å². The van der Waals surface area contributed by atoms with Gasteiger partial charge in [0, 0.05) is 45.9 Å². The molecular formula is C45H41N3. The molecule has 0 bridgehead atoms. The van der Waals surface area contributed by atoms with E-state index in [9.17, 15) is 0 Å². The van der Waals surface area contributed by atoms with Crippen molar-refractivity contribution in [2.75, 3.05) is 0 Å². The summed E-state index contributed by atoms with van der Waals surface area (Å²) in [4.78, 5) is 3.43. The van der Waals surface area contributed by atoms with Gasteiger partial charge in [-0.1, -0.05) is 116 Å². The molecule has 0 aliphatic heterocycles. The highest BCUT2D eigenvalue weighted by molar-refractivity contribution is 6.19. The number of aromatic amines is 1. The third-order valence-corrected chi connectivity index (χ3v) is 9.33. The standard InChI is InChI=1S/C45H41N3/c1-7-30(6)42(32(10-4)23-24-46)26-33(11-5)34-17-20-39-36(25-34)19-22-41-40-21-18-35(37-27-43(47-29-37)31(8-2)9-3)28-44(40)48(45(39)41)38-15-13-12-14-16-38/h7-29,42,46-47H,2,4-5H2,1,3,6H3/b30-7+,31-9+,32-23+,33-26+,46-24?. The highest BCUT2D eigenvalue weighted by Crippen LogP contribution is 2.39. The van der Waals surface area contributed by atoms with E-state index < -0.39 is 0 Å². The molecule has 3 nitrogen and oxygen atoms in total. The van der Waals surface area contributed by atoms with E-state index in [-0.39, 0.29) is 5.92 Å². The Hall–Kier alpha value is -5.93. The van der Waals surface area contributed by atoms with Crippen molar-refractivity contribution in [3.8, 4) is 16.8 Å². The maximum Gasteiger partial charge on any atom is 0.0619 e. The Morgan fingerprint density at radius 3 is 2.21 bits per heavy atom. The molecule has 0 aliphatic rings. The topological polar surface area (TPSA) is 44.6 Å². The van der Waals surface area contributed by atoms with E-state index in [2.05, 4.69) is 146 Å². The number of allylic oxidation sites excluding steroid dienone is 11. The lowest BCUT2D eigenvalue weighted by Crippen LogP contribution is -2.03. The zero-order valence-electron chi connectivity index (χ0n) is 27.9. The number of hydrogen-bond acceptors (Lipinski definition) is 1. The van der Waals surface area contributed by atoms with E-state index in [1.54, 1.807) is 0 Å². The monoisotopic (exact) mass is 623 g/mol. The molecule has 1 atom stereocenters. The fraction of sp³-hybridized carbons (Fsp3) is 0.0889. The minimum atomic E-state index is -0.00690. The summed E-state index contributed by atoms with van der Waals surface area (Å²) < 4.78 is 2.40. The Bertz CT molecular complexity index is 2330. The molecule has 48 heavy (non-hydrogen) atoms. The van der Waals surface area contributed by atoms with Gasteiger partial charge in [-0.2, -0.15) is 0 Å². The van der Waals surface area contributed by atoms with Gasteiger partial charge in [0.15, 0.2) is 0 Å². The molecular weight excluding hydrogens is 583 g/mol. The zero-order valence-corrected chi connectivity index (χ0v) is 27.9. The third-order valence-electron chi connectivity index (χ3n) is 9.33. The van der Waals surface area contributed by atoms with Gasteiger partial charge in [-0.05, 0) is 96.0 Å². The first-order valence-corrected chi connectivity index (χ1v) is 16.3. The molecule has 6 aromatic rings. The van der Waals surface area contributed by atoms with Crippen molar-refractivity contribution in [3.05, 3.63) is 176 Å². The summed E-state index contributed by atoms with van der Waals surface area (Å²) in [6.45, 7) is 18.4. The average molecular weight is 624 g/mol. The first-order valence-electron chi connectivity index (χ1n) is 16.3. The van der Waals surface area contributed by atoms with Crippen molar-refractivity contribution in [2.24, 2.45) is 5.92 Å². The van der Waals surface area contributed by atoms with Crippen LogP contribution in [-0.4, -0.2) is 15.8 Å². The van der Waals surface area contributed by atoms with E-state index in [0.717, 1.165) is 55.7 Å². The summed E-state index contributed by atoms with van der Waals surface area (Å²) in [5, 5.41) is 12.4. The summed E-state index contributed by atoms with van der Waals surface area (Å²) in [7, 11) is 0. The molecule has 0 saturated carbocycles. The number of aromatic nitrogens is 2. The largest absolute Gasteiger partial charge is 0.361 e. The fourth-order valence-corrected chi connectivity index (χ4v) is 6.68. The molecule has 6 rings (SSSR count). The number of fused-ring (bicyclic) bond motifs is 5. The Morgan fingerprint density at radius 1 is 0.771 bits per heavy atom. The van der Waals surface area contributed by atoms with Crippen LogP contribution in [0, 0.1) is 11.3 Å². The Labute approximate surface area is 283 Å². The van der Waals surface area contributed by atoms with Gasteiger partial charge in [0.25, 0.3) is 0 Å². The highest BCUT2D eigenvalue weighted by Gasteiger charge is 2.18. The van der Waals surface area contributed by atoms with Gasteiger partial charge in [-0.3, -0.25) is 0 Å². The first-order chi connectivity index (χ1) is 23.5. The summed E-state index contributed by atoms with van der Waals surface area (Å²) in [6.07, 6.45) is 17.2. The van der Waals surface area contributed by atoms with Crippen LogP contribution in [0.15, 0.2) is 165 Å². The molecule has 2 N–H and O–H groups in total. The van der Waals surface area contributed by atoms with E-state index in [0.29, 0.717) is 0 Å². The lowest BCUT2D eigenvalue weighted by atomic mass is 9.87. The van der Waals surface area contributed by atoms with Gasteiger partial charge in [0.05, 0.1) is 11.0 Å². The molecule has 3 heteroatoms.